The molecule has 3 nitrogen and oxygen atoms in total. The largest absolute Gasteiger partial charge is 0.335 e. The Hall–Kier alpha value is -0.830. The van der Waals surface area contributed by atoms with Crippen molar-refractivity contribution in [3.63, 3.8) is 0 Å². The molecule has 0 aromatic carbocycles. The van der Waals surface area contributed by atoms with Crippen LogP contribution in [-0.2, 0) is 18.9 Å². The monoisotopic (exact) mass is 181 g/mol. The number of aromatic nitrogens is 2. The number of hydrogen-bond donors (Lipinski definition) is 1. The molecule has 0 saturated heterocycles. The molecule has 0 unspecified atom stereocenters. The molecule has 1 aromatic heterocycles. The minimum atomic E-state index is 0.113. The molecule has 0 spiro atoms. The summed E-state index contributed by atoms with van der Waals surface area (Å²) in [6.07, 6.45) is 2.83. The van der Waals surface area contributed by atoms with Gasteiger partial charge in [-0.15, -0.1) is 0 Å². The predicted molar refractivity (Wildman–Crippen MR) is 54.7 cm³/mol. The summed E-state index contributed by atoms with van der Waals surface area (Å²) in [5.74, 6) is 1.12. The lowest BCUT2D eigenvalue weighted by molar-refractivity contribution is 0.518. The molecule has 1 aromatic rings. The topological polar surface area (TPSA) is 43.8 Å². The van der Waals surface area contributed by atoms with Crippen LogP contribution in [0.2, 0.25) is 0 Å². The summed E-state index contributed by atoms with van der Waals surface area (Å²) in [5.41, 5.74) is 6.83. The van der Waals surface area contributed by atoms with Gasteiger partial charge in [0.05, 0.1) is 0 Å². The van der Waals surface area contributed by atoms with Crippen molar-refractivity contribution in [1.29, 1.82) is 0 Å². The molecule has 0 amide bonds. The molecule has 74 valence electrons. The summed E-state index contributed by atoms with van der Waals surface area (Å²) in [7, 11) is 2.05. The average Bonchev–Trinajstić information content (AvgIpc) is 2.32. The fourth-order valence-electron chi connectivity index (χ4n) is 1.52. The molecular formula is C10H19N3. The van der Waals surface area contributed by atoms with Crippen molar-refractivity contribution in [3.05, 3.63) is 17.7 Å². The van der Waals surface area contributed by atoms with Crippen LogP contribution in [0.3, 0.4) is 0 Å². The summed E-state index contributed by atoms with van der Waals surface area (Å²) in [5, 5.41) is 0. The molecule has 0 saturated carbocycles. The Balaban J connectivity index is 2.99. The highest BCUT2D eigenvalue weighted by Crippen LogP contribution is 2.20. The highest BCUT2D eigenvalue weighted by molar-refractivity contribution is 5.11. The van der Waals surface area contributed by atoms with Crippen molar-refractivity contribution in [2.45, 2.75) is 32.6 Å². The van der Waals surface area contributed by atoms with Gasteiger partial charge < -0.3 is 10.3 Å². The second-order valence-electron chi connectivity index (χ2n) is 4.42. The van der Waals surface area contributed by atoms with E-state index in [1.807, 2.05) is 6.20 Å². The maximum Gasteiger partial charge on any atom is 0.114 e. The van der Waals surface area contributed by atoms with Crippen LogP contribution >= 0.6 is 0 Å². The quantitative estimate of drug-likeness (QED) is 0.745. The van der Waals surface area contributed by atoms with Crippen LogP contribution in [0.4, 0.5) is 0 Å². The van der Waals surface area contributed by atoms with E-state index >= 15 is 0 Å². The number of nitrogens with zero attached hydrogens (tertiary/aromatic N) is 2. The molecule has 0 aliphatic heterocycles. The van der Waals surface area contributed by atoms with E-state index in [0.717, 1.165) is 12.2 Å². The predicted octanol–water partition coefficient (Wildman–Crippen LogP) is 1.22. The molecule has 0 aliphatic rings. The molecule has 1 heterocycles. The van der Waals surface area contributed by atoms with E-state index < -0.39 is 0 Å². The maximum absolute atomic E-state index is 5.51. The first-order chi connectivity index (χ1) is 5.96. The van der Waals surface area contributed by atoms with E-state index in [0.29, 0.717) is 6.54 Å². The lowest BCUT2D eigenvalue weighted by Crippen LogP contribution is -2.18. The molecule has 0 radical (unpaired) electrons. The van der Waals surface area contributed by atoms with E-state index in [1.54, 1.807) is 0 Å². The molecular weight excluding hydrogens is 162 g/mol. The summed E-state index contributed by atoms with van der Waals surface area (Å²) in [4.78, 5) is 4.41. The standard InChI is InChI=1S/C10H19N3/c1-10(2,3)9-12-7-8(5-6-11)13(9)4/h7H,5-6,11H2,1-4H3. The lowest BCUT2D eigenvalue weighted by Gasteiger charge is -2.18. The number of imidazole rings is 1. The Morgan fingerprint density at radius 1 is 1.46 bits per heavy atom. The Morgan fingerprint density at radius 3 is 2.46 bits per heavy atom. The first-order valence-corrected chi connectivity index (χ1v) is 4.68. The SMILES string of the molecule is Cn1c(CCN)cnc1C(C)(C)C. The van der Waals surface area contributed by atoms with Gasteiger partial charge in [-0.25, -0.2) is 4.98 Å². The van der Waals surface area contributed by atoms with Gasteiger partial charge in [-0.3, -0.25) is 0 Å². The third-order valence-electron chi connectivity index (χ3n) is 2.16. The van der Waals surface area contributed by atoms with E-state index in [4.69, 9.17) is 5.73 Å². The zero-order valence-corrected chi connectivity index (χ0v) is 8.96. The van der Waals surface area contributed by atoms with Gasteiger partial charge in [0.15, 0.2) is 0 Å². The van der Waals surface area contributed by atoms with E-state index in [1.165, 1.54) is 5.69 Å². The Bertz CT molecular complexity index is 281. The van der Waals surface area contributed by atoms with Crippen LogP contribution in [0.15, 0.2) is 6.20 Å². The second-order valence-corrected chi connectivity index (χ2v) is 4.42. The van der Waals surface area contributed by atoms with Crippen LogP contribution in [-0.4, -0.2) is 16.1 Å². The van der Waals surface area contributed by atoms with Crippen LogP contribution in [0.1, 0.15) is 32.3 Å². The van der Waals surface area contributed by atoms with E-state index in [-0.39, 0.29) is 5.41 Å². The van der Waals surface area contributed by atoms with Crippen molar-refractivity contribution in [2.75, 3.05) is 6.54 Å². The average molecular weight is 181 g/mol. The van der Waals surface area contributed by atoms with Crippen molar-refractivity contribution in [3.8, 4) is 0 Å². The molecule has 13 heavy (non-hydrogen) atoms. The smallest absolute Gasteiger partial charge is 0.114 e. The summed E-state index contributed by atoms with van der Waals surface area (Å²) >= 11 is 0. The molecule has 2 N–H and O–H groups in total. The summed E-state index contributed by atoms with van der Waals surface area (Å²) < 4.78 is 2.15. The van der Waals surface area contributed by atoms with Gasteiger partial charge >= 0.3 is 0 Å². The maximum atomic E-state index is 5.51. The fraction of sp³-hybridized carbons (Fsp3) is 0.700. The Kier molecular flexibility index (Phi) is 2.76. The second kappa shape index (κ2) is 3.50. The molecule has 0 aliphatic carbocycles. The third kappa shape index (κ3) is 2.10. The summed E-state index contributed by atoms with van der Waals surface area (Å²) in [6.45, 7) is 7.19. The molecule has 3 heteroatoms. The highest BCUT2D eigenvalue weighted by Gasteiger charge is 2.19. The van der Waals surface area contributed by atoms with E-state index in [9.17, 15) is 0 Å². The fourth-order valence-corrected chi connectivity index (χ4v) is 1.52. The first-order valence-electron chi connectivity index (χ1n) is 4.68. The summed E-state index contributed by atoms with van der Waals surface area (Å²) in [6, 6.07) is 0. The van der Waals surface area contributed by atoms with E-state index in [2.05, 4.69) is 37.4 Å². The number of rotatable bonds is 2. The van der Waals surface area contributed by atoms with Crippen molar-refractivity contribution < 1.29 is 0 Å². The zero-order chi connectivity index (χ0) is 10.1. The van der Waals surface area contributed by atoms with Crippen molar-refractivity contribution in [1.82, 2.24) is 9.55 Å². The zero-order valence-electron chi connectivity index (χ0n) is 8.96. The van der Waals surface area contributed by atoms with Gasteiger partial charge in [0.25, 0.3) is 0 Å². The van der Waals surface area contributed by atoms with Gasteiger partial charge in [-0.05, 0) is 6.54 Å². The van der Waals surface area contributed by atoms with Crippen LogP contribution in [0.25, 0.3) is 0 Å². The van der Waals surface area contributed by atoms with Gasteiger partial charge in [-0.2, -0.15) is 0 Å². The number of hydrogen-bond acceptors (Lipinski definition) is 2. The van der Waals surface area contributed by atoms with Gasteiger partial charge in [-0.1, -0.05) is 20.8 Å². The molecule has 0 bridgehead atoms. The minimum Gasteiger partial charge on any atom is -0.335 e. The molecule has 1 rings (SSSR count). The van der Waals surface area contributed by atoms with Crippen molar-refractivity contribution >= 4 is 0 Å². The number of nitrogens with two attached hydrogens (primary N) is 1. The molecule has 0 fully saturated rings. The van der Waals surface area contributed by atoms with Gasteiger partial charge in [0.1, 0.15) is 5.82 Å². The van der Waals surface area contributed by atoms with Crippen LogP contribution in [0, 0.1) is 0 Å². The first kappa shape index (κ1) is 10.3. The van der Waals surface area contributed by atoms with Crippen molar-refractivity contribution in [2.24, 2.45) is 12.8 Å². The Morgan fingerprint density at radius 2 is 2.08 bits per heavy atom. The lowest BCUT2D eigenvalue weighted by atomic mass is 9.96. The Labute approximate surface area is 80.0 Å². The minimum absolute atomic E-state index is 0.113. The van der Waals surface area contributed by atoms with Gasteiger partial charge in [0, 0.05) is 30.8 Å². The normalized spacial score (nSPS) is 12.1. The molecule has 0 atom stereocenters. The van der Waals surface area contributed by atoms with Crippen LogP contribution < -0.4 is 5.73 Å². The third-order valence-corrected chi connectivity index (χ3v) is 2.16. The highest BCUT2D eigenvalue weighted by atomic mass is 15.1. The van der Waals surface area contributed by atoms with Crippen LogP contribution in [0.5, 0.6) is 0 Å². The van der Waals surface area contributed by atoms with Gasteiger partial charge in [0.2, 0.25) is 0 Å².